The molecule has 0 saturated carbocycles. The molecule has 0 aliphatic rings. The molecule has 1 rings (SSSR count). The van der Waals surface area contributed by atoms with Crippen LogP contribution in [0.4, 0.5) is 0 Å². The van der Waals surface area contributed by atoms with Crippen molar-refractivity contribution in [1.29, 1.82) is 0 Å². The van der Waals surface area contributed by atoms with Gasteiger partial charge in [-0.25, -0.2) is 0 Å². The van der Waals surface area contributed by atoms with Crippen molar-refractivity contribution in [3.05, 3.63) is 29.3 Å². The fourth-order valence-electron chi connectivity index (χ4n) is 1.90. The summed E-state index contributed by atoms with van der Waals surface area (Å²) in [4.78, 5) is 0. The average molecular weight is 359 g/mol. The minimum Gasteiger partial charge on any atom is -0.370 e. The molecule has 0 radical (unpaired) electrons. The van der Waals surface area contributed by atoms with Crippen LogP contribution in [0.25, 0.3) is 0 Å². The van der Waals surface area contributed by atoms with Crippen molar-refractivity contribution in [3.8, 4) is 0 Å². The third-order valence-corrected chi connectivity index (χ3v) is 6.25. The molecule has 0 aliphatic heterocycles. The molecule has 3 nitrogen and oxygen atoms in total. The van der Waals surface area contributed by atoms with E-state index in [1.807, 2.05) is 24.3 Å². The lowest BCUT2D eigenvalue weighted by molar-refractivity contribution is 0.0495. The zero-order chi connectivity index (χ0) is 17.5. The summed E-state index contributed by atoms with van der Waals surface area (Å²) in [6.07, 6.45) is 0. The molecule has 23 heavy (non-hydrogen) atoms. The first-order chi connectivity index (χ1) is 10.8. The molecule has 0 saturated heterocycles. The third-order valence-electron chi connectivity index (χ3n) is 3.02. The number of rotatable bonds is 10. The van der Waals surface area contributed by atoms with E-state index in [1.165, 1.54) is 0 Å². The molecule has 0 aliphatic carbocycles. The van der Waals surface area contributed by atoms with E-state index in [9.17, 15) is 0 Å². The molecule has 0 amide bonds. The summed E-state index contributed by atoms with van der Waals surface area (Å²) in [5, 5.41) is 1.51. The van der Waals surface area contributed by atoms with E-state index in [0.717, 1.165) is 5.19 Å². The van der Waals surface area contributed by atoms with Crippen LogP contribution in [0, 0.1) is 17.8 Å². The summed E-state index contributed by atoms with van der Waals surface area (Å²) >= 11 is 6.45. The Kier molecular flexibility index (Phi) is 8.79. The van der Waals surface area contributed by atoms with Crippen LogP contribution in [0.1, 0.15) is 41.5 Å². The fourth-order valence-corrected chi connectivity index (χ4v) is 5.43. The Hall–Kier alpha value is -0.393. The van der Waals surface area contributed by atoms with E-state index in [2.05, 4.69) is 41.5 Å². The normalized spacial score (nSPS) is 12.6. The predicted octanol–water partition coefficient (Wildman–Crippen LogP) is 4.50. The van der Waals surface area contributed by atoms with E-state index in [4.69, 9.17) is 24.9 Å². The second-order valence-electron chi connectivity index (χ2n) is 7.15. The van der Waals surface area contributed by atoms with Gasteiger partial charge in [0.05, 0.1) is 0 Å². The van der Waals surface area contributed by atoms with Crippen molar-refractivity contribution in [2.45, 2.75) is 41.5 Å². The summed E-state index contributed by atoms with van der Waals surface area (Å²) < 4.78 is 18.8. The zero-order valence-corrected chi connectivity index (χ0v) is 17.0. The maximum Gasteiger partial charge on any atom is 0.538 e. The zero-order valence-electron chi connectivity index (χ0n) is 15.3. The fraction of sp³-hybridized carbons (Fsp3) is 0.667. The van der Waals surface area contributed by atoms with Gasteiger partial charge < -0.3 is 13.3 Å². The van der Waals surface area contributed by atoms with Gasteiger partial charge in [0.2, 0.25) is 0 Å². The van der Waals surface area contributed by atoms with Gasteiger partial charge >= 0.3 is 8.80 Å². The van der Waals surface area contributed by atoms with Gasteiger partial charge in [0.1, 0.15) is 0 Å². The number of hydrogen-bond acceptors (Lipinski definition) is 3. The Morgan fingerprint density at radius 2 is 1.17 bits per heavy atom. The van der Waals surface area contributed by atoms with Gasteiger partial charge in [0, 0.05) is 30.0 Å². The lowest BCUT2D eigenvalue weighted by Gasteiger charge is -2.32. The van der Waals surface area contributed by atoms with Crippen LogP contribution in [0.5, 0.6) is 0 Å². The summed E-state index contributed by atoms with van der Waals surface area (Å²) in [5.41, 5.74) is 0. The van der Waals surface area contributed by atoms with Crippen LogP contribution in [0.3, 0.4) is 0 Å². The molecule has 0 spiro atoms. The van der Waals surface area contributed by atoms with E-state index in [1.54, 1.807) is 0 Å². The van der Waals surface area contributed by atoms with Crippen molar-refractivity contribution >= 4 is 25.6 Å². The SMILES string of the molecule is CC(C)CO[Si](OCC(C)C)(OCC(C)C)c1ccccc1Cl. The van der Waals surface area contributed by atoms with E-state index in [-0.39, 0.29) is 0 Å². The highest BCUT2D eigenvalue weighted by molar-refractivity contribution is 6.77. The Labute approximate surface area is 147 Å². The molecule has 0 heterocycles. The number of benzene rings is 1. The molecule has 0 aromatic heterocycles. The van der Waals surface area contributed by atoms with Gasteiger partial charge in [-0.15, -0.1) is 0 Å². The topological polar surface area (TPSA) is 27.7 Å². The number of halogens is 1. The Balaban J connectivity index is 3.16. The second kappa shape index (κ2) is 9.79. The van der Waals surface area contributed by atoms with Crippen molar-refractivity contribution in [1.82, 2.24) is 0 Å². The van der Waals surface area contributed by atoms with Gasteiger partial charge in [-0.3, -0.25) is 0 Å². The van der Waals surface area contributed by atoms with E-state index < -0.39 is 8.80 Å². The molecule has 1 aromatic rings. The van der Waals surface area contributed by atoms with Crippen LogP contribution in [0.15, 0.2) is 24.3 Å². The third kappa shape index (κ3) is 6.94. The predicted molar refractivity (Wildman–Crippen MR) is 99.2 cm³/mol. The van der Waals surface area contributed by atoms with E-state index >= 15 is 0 Å². The van der Waals surface area contributed by atoms with Gasteiger partial charge in [-0.1, -0.05) is 71.3 Å². The van der Waals surface area contributed by atoms with Crippen molar-refractivity contribution in [2.75, 3.05) is 19.8 Å². The lowest BCUT2D eigenvalue weighted by atomic mass is 10.2. The Morgan fingerprint density at radius 3 is 1.52 bits per heavy atom. The van der Waals surface area contributed by atoms with Crippen LogP contribution in [-0.4, -0.2) is 28.6 Å². The molecule has 0 atom stereocenters. The quantitative estimate of drug-likeness (QED) is 0.576. The minimum atomic E-state index is -3.04. The lowest BCUT2D eigenvalue weighted by Crippen LogP contribution is -2.58. The first kappa shape index (κ1) is 20.7. The monoisotopic (exact) mass is 358 g/mol. The first-order valence-corrected chi connectivity index (χ1v) is 10.5. The second-order valence-corrected chi connectivity index (χ2v) is 10.1. The number of hydrogen-bond donors (Lipinski definition) is 0. The summed E-state index contributed by atoms with van der Waals surface area (Å²) in [6, 6.07) is 7.71. The van der Waals surface area contributed by atoms with Gasteiger partial charge in [0.25, 0.3) is 0 Å². The summed E-state index contributed by atoms with van der Waals surface area (Å²) in [5.74, 6) is 1.19. The Morgan fingerprint density at radius 1 is 0.783 bits per heavy atom. The molecule has 1 aromatic carbocycles. The maximum atomic E-state index is 6.45. The average Bonchev–Trinajstić information content (AvgIpc) is 2.47. The maximum absolute atomic E-state index is 6.45. The van der Waals surface area contributed by atoms with Crippen molar-refractivity contribution in [3.63, 3.8) is 0 Å². The summed E-state index contributed by atoms with van der Waals surface area (Å²) in [6.45, 7) is 14.5. The molecule has 132 valence electrons. The van der Waals surface area contributed by atoms with Gasteiger partial charge in [0.15, 0.2) is 0 Å². The Bertz CT molecular complexity index is 432. The van der Waals surface area contributed by atoms with Crippen LogP contribution in [0.2, 0.25) is 5.02 Å². The highest BCUT2D eigenvalue weighted by atomic mass is 35.5. The molecule has 0 N–H and O–H groups in total. The summed E-state index contributed by atoms with van der Waals surface area (Å²) in [7, 11) is -3.04. The van der Waals surface area contributed by atoms with Crippen molar-refractivity contribution in [2.24, 2.45) is 17.8 Å². The molecule has 5 heteroatoms. The van der Waals surface area contributed by atoms with Crippen LogP contribution >= 0.6 is 11.6 Å². The van der Waals surface area contributed by atoms with E-state index in [0.29, 0.717) is 42.6 Å². The highest BCUT2D eigenvalue weighted by Crippen LogP contribution is 2.20. The highest BCUT2D eigenvalue weighted by Gasteiger charge is 2.46. The van der Waals surface area contributed by atoms with Gasteiger partial charge in [-0.2, -0.15) is 0 Å². The standard InChI is InChI=1S/C18H31ClO3Si/c1-14(2)11-20-23(21-12-15(3)4,22-13-16(5)6)18-10-8-7-9-17(18)19/h7-10,14-16H,11-13H2,1-6H3. The van der Waals surface area contributed by atoms with Crippen molar-refractivity contribution < 1.29 is 13.3 Å². The van der Waals surface area contributed by atoms with Gasteiger partial charge in [-0.05, 0) is 23.8 Å². The minimum absolute atomic E-state index is 0.398. The van der Waals surface area contributed by atoms with Crippen LogP contribution < -0.4 is 5.19 Å². The molecule has 0 bridgehead atoms. The molecular formula is C18H31ClO3Si. The first-order valence-electron chi connectivity index (χ1n) is 8.43. The smallest absolute Gasteiger partial charge is 0.370 e. The molecular weight excluding hydrogens is 328 g/mol. The molecule has 0 unspecified atom stereocenters. The molecule has 0 fully saturated rings. The van der Waals surface area contributed by atoms with Crippen LogP contribution in [-0.2, 0) is 13.3 Å². The largest absolute Gasteiger partial charge is 0.538 e.